The SMILES string of the molecule is CN(Cc1cnc(N)s1)C1CCc2ccccc2C1.Cl. The molecule has 108 valence electrons. The average Bonchev–Trinajstić information content (AvgIpc) is 2.83. The summed E-state index contributed by atoms with van der Waals surface area (Å²) in [4.78, 5) is 7.80. The van der Waals surface area contributed by atoms with Crippen LogP contribution < -0.4 is 5.73 Å². The number of halogens is 1. The maximum atomic E-state index is 5.68. The van der Waals surface area contributed by atoms with Crippen molar-refractivity contribution in [1.82, 2.24) is 9.88 Å². The largest absolute Gasteiger partial charge is 0.375 e. The number of thiazole rings is 1. The lowest BCUT2D eigenvalue weighted by molar-refractivity contribution is 0.215. The Labute approximate surface area is 130 Å². The van der Waals surface area contributed by atoms with Crippen LogP contribution in [0.4, 0.5) is 5.13 Å². The summed E-state index contributed by atoms with van der Waals surface area (Å²) in [6.45, 7) is 0.946. The molecule has 0 radical (unpaired) electrons. The topological polar surface area (TPSA) is 42.2 Å². The first-order chi connectivity index (χ1) is 9.22. The minimum Gasteiger partial charge on any atom is -0.375 e. The molecule has 3 rings (SSSR count). The molecule has 2 N–H and O–H groups in total. The van der Waals surface area contributed by atoms with Gasteiger partial charge in [-0.15, -0.1) is 23.7 Å². The van der Waals surface area contributed by atoms with Gasteiger partial charge in [-0.2, -0.15) is 0 Å². The Hall–Kier alpha value is -1.10. The Kier molecular flexibility index (Phi) is 5.02. The van der Waals surface area contributed by atoms with Gasteiger partial charge in [-0.05, 0) is 37.4 Å². The Morgan fingerprint density at radius 2 is 2.10 bits per heavy atom. The number of hydrogen-bond donors (Lipinski definition) is 1. The van der Waals surface area contributed by atoms with Crippen molar-refractivity contribution in [3.05, 3.63) is 46.5 Å². The lowest BCUT2D eigenvalue weighted by atomic mass is 9.88. The number of aryl methyl sites for hydroxylation is 1. The quantitative estimate of drug-likeness (QED) is 0.947. The van der Waals surface area contributed by atoms with Crippen LogP contribution in [0.2, 0.25) is 0 Å². The predicted octanol–water partition coefficient (Wildman–Crippen LogP) is 3.14. The van der Waals surface area contributed by atoms with Gasteiger partial charge in [0.1, 0.15) is 0 Å². The maximum Gasteiger partial charge on any atom is 0.180 e. The first-order valence-corrected chi connectivity index (χ1v) is 7.51. The second kappa shape index (κ2) is 6.57. The van der Waals surface area contributed by atoms with Crippen molar-refractivity contribution in [2.45, 2.75) is 31.8 Å². The first kappa shape index (κ1) is 15.3. The zero-order valence-electron chi connectivity index (χ0n) is 11.6. The molecule has 1 aliphatic rings. The number of likely N-dealkylation sites (N-methyl/N-ethyl adjacent to an activating group) is 1. The maximum absolute atomic E-state index is 5.68. The number of nitrogen functional groups attached to an aromatic ring is 1. The molecular formula is C15H20ClN3S. The summed E-state index contributed by atoms with van der Waals surface area (Å²) in [5, 5.41) is 0.664. The fourth-order valence-electron chi connectivity index (χ4n) is 2.83. The fourth-order valence-corrected chi connectivity index (χ4v) is 3.57. The van der Waals surface area contributed by atoms with Gasteiger partial charge in [0.25, 0.3) is 0 Å². The number of hydrogen-bond acceptors (Lipinski definition) is 4. The first-order valence-electron chi connectivity index (χ1n) is 6.69. The molecule has 2 aromatic rings. The van der Waals surface area contributed by atoms with E-state index in [9.17, 15) is 0 Å². The average molecular weight is 310 g/mol. The van der Waals surface area contributed by atoms with Gasteiger partial charge in [0, 0.05) is 23.7 Å². The summed E-state index contributed by atoms with van der Waals surface area (Å²) in [5.74, 6) is 0. The van der Waals surface area contributed by atoms with Crippen molar-refractivity contribution in [3.8, 4) is 0 Å². The molecule has 1 atom stereocenters. The minimum absolute atomic E-state index is 0. The van der Waals surface area contributed by atoms with E-state index in [1.165, 1.54) is 28.8 Å². The Morgan fingerprint density at radius 1 is 1.35 bits per heavy atom. The molecule has 0 amide bonds. The molecular weight excluding hydrogens is 290 g/mol. The van der Waals surface area contributed by atoms with Crippen LogP contribution in [0.25, 0.3) is 0 Å². The predicted molar refractivity (Wildman–Crippen MR) is 87.5 cm³/mol. The summed E-state index contributed by atoms with van der Waals surface area (Å²) >= 11 is 1.59. The van der Waals surface area contributed by atoms with E-state index in [1.54, 1.807) is 11.3 Å². The number of nitrogens with two attached hydrogens (primary N) is 1. The molecule has 0 saturated carbocycles. The van der Waals surface area contributed by atoms with Crippen molar-refractivity contribution in [3.63, 3.8) is 0 Å². The van der Waals surface area contributed by atoms with Crippen LogP contribution in [0.5, 0.6) is 0 Å². The number of benzene rings is 1. The Morgan fingerprint density at radius 3 is 2.80 bits per heavy atom. The van der Waals surface area contributed by atoms with Crippen LogP contribution in [-0.2, 0) is 19.4 Å². The molecule has 0 fully saturated rings. The molecule has 3 nitrogen and oxygen atoms in total. The van der Waals surface area contributed by atoms with Gasteiger partial charge in [0.15, 0.2) is 5.13 Å². The van der Waals surface area contributed by atoms with E-state index in [1.807, 2.05) is 6.20 Å². The smallest absolute Gasteiger partial charge is 0.180 e. The van der Waals surface area contributed by atoms with Crippen LogP contribution in [-0.4, -0.2) is 23.0 Å². The molecule has 5 heteroatoms. The molecule has 0 aliphatic heterocycles. The minimum atomic E-state index is 0. The van der Waals surface area contributed by atoms with E-state index in [0.717, 1.165) is 13.0 Å². The molecule has 1 aliphatic carbocycles. The second-order valence-corrected chi connectivity index (χ2v) is 6.39. The highest BCUT2D eigenvalue weighted by atomic mass is 35.5. The number of nitrogens with zero attached hydrogens (tertiary/aromatic N) is 2. The summed E-state index contributed by atoms with van der Waals surface area (Å²) in [6.07, 6.45) is 5.48. The van der Waals surface area contributed by atoms with E-state index in [4.69, 9.17) is 5.73 Å². The van der Waals surface area contributed by atoms with E-state index < -0.39 is 0 Å². The summed E-state index contributed by atoms with van der Waals surface area (Å²) < 4.78 is 0. The van der Waals surface area contributed by atoms with Gasteiger partial charge < -0.3 is 5.73 Å². The van der Waals surface area contributed by atoms with Crippen LogP contribution >= 0.6 is 23.7 Å². The third-order valence-corrected chi connectivity index (χ3v) is 4.73. The van der Waals surface area contributed by atoms with Crippen molar-refractivity contribution in [2.75, 3.05) is 12.8 Å². The third-order valence-electron chi connectivity index (χ3n) is 3.92. The van der Waals surface area contributed by atoms with E-state index in [0.29, 0.717) is 11.2 Å². The van der Waals surface area contributed by atoms with Gasteiger partial charge in [0.05, 0.1) is 0 Å². The molecule has 1 aromatic heterocycles. The fraction of sp³-hybridized carbons (Fsp3) is 0.400. The molecule has 1 unspecified atom stereocenters. The van der Waals surface area contributed by atoms with E-state index in [2.05, 4.69) is 41.2 Å². The van der Waals surface area contributed by atoms with Crippen LogP contribution in [0.1, 0.15) is 22.4 Å². The number of anilines is 1. The Bertz CT molecular complexity index is 570. The molecule has 20 heavy (non-hydrogen) atoms. The normalized spacial score (nSPS) is 17.6. The zero-order valence-corrected chi connectivity index (χ0v) is 13.2. The summed E-state index contributed by atoms with van der Waals surface area (Å²) in [5.41, 5.74) is 8.72. The Balaban J connectivity index is 0.00000147. The molecule has 0 saturated heterocycles. The van der Waals surface area contributed by atoms with Crippen LogP contribution in [0, 0.1) is 0 Å². The molecule has 1 heterocycles. The van der Waals surface area contributed by atoms with Gasteiger partial charge in [0.2, 0.25) is 0 Å². The zero-order chi connectivity index (χ0) is 13.2. The third kappa shape index (κ3) is 3.32. The lowest BCUT2D eigenvalue weighted by Crippen LogP contribution is -2.35. The number of aromatic nitrogens is 1. The van der Waals surface area contributed by atoms with Crippen molar-refractivity contribution in [2.24, 2.45) is 0 Å². The van der Waals surface area contributed by atoms with Gasteiger partial charge in [-0.3, -0.25) is 4.90 Å². The van der Waals surface area contributed by atoms with Gasteiger partial charge in [-0.25, -0.2) is 4.98 Å². The molecule has 1 aromatic carbocycles. The second-order valence-electron chi connectivity index (χ2n) is 5.25. The molecule has 0 bridgehead atoms. The lowest BCUT2D eigenvalue weighted by Gasteiger charge is -2.32. The standard InChI is InChI=1S/C15H19N3S.ClH/c1-18(10-14-9-17-15(16)19-14)13-7-6-11-4-2-3-5-12(11)8-13;/h2-5,9,13H,6-8,10H2,1H3,(H2,16,17);1H. The van der Waals surface area contributed by atoms with Crippen molar-refractivity contribution in [1.29, 1.82) is 0 Å². The van der Waals surface area contributed by atoms with E-state index >= 15 is 0 Å². The molecule has 0 spiro atoms. The van der Waals surface area contributed by atoms with Gasteiger partial charge >= 0.3 is 0 Å². The highest BCUT2D eigenvalue weighted by Crippen LogP contribution is 2.25. The number of rotatable bonds is 3. The number of fused-ring (bicyclic) bond motifs is 1. The van der Waals surface area contributed by atoms with Crippen LogP contribution in [0.3, 0.4) is 0 Å². The summed E-state index contributed by atoms with van der Waals surface area (Å²) in [6, 6.07) is 9.43. The van der Waals surface area contributed by atoms with Gasteiger partial charge in [-0.1, -0.05) is 24.3 Å². The highest BCUT2D eigenvalue weighted by Gasteiger charge is 2.22. The van der Waals surface area contributed by atoms with Crippen molar-refractivity contribution >= 4 is 28.9 Å². The van der Waals surface area contributed by atoms with Crippen LogP contribution in [0.15, 0.2) is 30.5 Å². The highest BCUT2D eigenvalue weighted by molar-refractivity contribution is 7.15. The van der Waals surface area contributed by atoms with Crippen molar-refractivity contribution < 1.29 is 0 Å². The summed E-state index contributed by atoms with van der Waals surface area (Å²) in [7, 11) is 2.20. The van der Waals surface area contributed by atoms with E-state index in [-0.39, 0.29) is 12.4 Å². The monoisotopic (exact) mass is 309 g/mol.